The van der Waals surface area contributed by atoms with Gasteiger partial charge in [-0.05, 0) is 37.1 Å². The maximum atomic E-state index is 13.9. The van der Waals surface area contributed by atoms with Crippen LogP contribution in [0.25, 0.3) is 0 Å². The number of halogens is 10. The Morgan fingerprint density at radius 3 is 1.78 bits per heavy atom. The minimum absolute atomic E-state index is 0.00913. The number of carboxylic acid groups (broad SMARTS) is 3. The molecule has 4 rings (SSSR count). The van der Waals surface area contributed by atoms with Gasteiger partial charge in [-0.1, -0.05) is 6.07 Å². The van der Waals surface area contributed by atoms with Crippen LogP contribution in [-0.4, -0.2) is 98.0 Å². The van der Waals surface area contributed by atoms with Crippen molar-refractivity contribution in [3.63, 3.8) is 0 Å². The summed E-state index contributed by atoms with van der Waals surface area (Å²) in [6.07, 6.45) is -10.2. The van der Waals surface area contributed by atoms with Gasteiger partial charge in [-0.25, -0.2) is 23.8 Å². The Kier molecular flexibility index (Phi) is 14.4. The van der Waals surface area contributed by atoms with Crippen LogP contribution in [-0.2, 0) is 25.7 Å². The Labute approximate surface area is 246 Å². The molecule has 252 valence electrons. The lowest BCUT2D eigenvalue weighted by atomic mass is 10.1. The number of rotatable bonds is 4. The van der Waals surface area contributed by atoms with Gasteiger partial charge in [-0.2, -0.15) is 39.5 Å². The van der Waals surface area contributed by atoms with Gasteiger partial charge in [0.25, 0.3) is 5.88 Å². The normalized spacial score (nSPS) is 19.6. The van der Waals surface area contributed by atoms with E-state index in [0.29, 0.717) is 6.61 Å². The Morgan fingerprint density at radius 2 is 1.33 bits per heavy atom. The van der Waals surface area contributed by atoms with Crippen molar-refractivity contribution in [3.05, 3.63) is 54.2 Å². The maximum Gasteiger partial charge on any atom is 0.490 e. The monoisotopic (exact) mass is 671 g/mol. The average Bonchev–Trinajstić information content (AvgIpc) is 3.23. The number of pyridine rings is 2. The molecule has 1 saturated carbocycles. The van der Waals surface area contributed by atoms with Gasteiger partial charge in [0.15, 0.2) is 5.82 Å². The zero-order valence-corrected chi connectivity index (χ0v) is 22.3. The molecule has 3 heterocycles. The number of nitrogens with zero attached hydrogens (tertiary/aromatic N) is 3. The van der Waals surface area contributed by atoms with Crippen LogP contribution in [0.5, 0.6) is 5.88 Å². The third-order valence-corrected chi connectivity index (χ3v) is 5.46. The molecule has 1 saturated heterocycles. The number of aromatic nitrogens is 2. The molecule has 45 heavy (non-hydrogen) atoms. The largest absolute Gasteiger partial charge is 0.490 e. The highest BCUT2D eigenvalue weighted by Gasteiger charge is 2.44. The molecule has 1 aliphatic carbocycles. The third-order valence-electron chi connectivity index (χ3n) is 5.46. The molecule has 2 bridgehead atoms. The molecule has 0 amide bonds. The van der Waals surface area contributed by atoms with Crippen LogP contribution >= 0.6 is 0 Å². The van der Waals surface area contributed by atoms with Gasteiger partial charge in [0.2, 0.25) is 0 Å². The summed E-state index contributed by atoms with van der Waals surface area (Å²) in [5.74, 6) is -8.65. The van der Waals surface area contributed by atoms with Gasteiger partial charge in [-0.15, -0.1) is 0 Å². The predicted octanol–water partition coefficient (Wildman–Crippen LogP) is 4.33. The Morgan fingerprint density at radius 1 is 0.822 bits per heavy atom. The minimum Gasteiger partial charge on any atom is -0.475 e. The van der Waals surface area contributed by atoms with E-state index in [1.165, 1.54) is 6.07 Å². The molecule has 21 heteroatoms. The summed E-state index contributed by atoms with van der Waals surface area (Å²) >= 11 is 0. The summed E-state index contributed by atoms with van der Waals surface area (Å²) < 4.78 is 121. The van der Waals surface area contributed by atoms with Crippen molar-refractivity contribution in [2.75, 3.05) is 13.2 Å². The van der Waals surface area contributed by atoms with Crippen molar-refractivity contribution in [1.29, 1.82) is 0 Å². The Balaban J connectivity index is 0.000000396. The van der Waals surface area contributed by atoms with E-state index in [4.69, 9.17) is 39.2 Å². The smallest absolute Gasteiger partial charge is 0.475 e. The number of hydrogen-bond donors (Lipinski definition) is 3. The standard InChI is InChI=1S/C18H20FN3O2.3C2HF3O2/c19-14-5-3-9-21-18(14)24-17-15-6-7-16(17)23-11-10-22(15)12-13-4-1-2-8-20-13;3*3-2(4,5)1(6)7/h1-5,8-9,15-17H,6-7,10-12H2;3*(H,6,7). The number of alkyl halides is 9. The molecule has 3 unspecified atom stereocenters. The van der Waals surface area contributed by atoms with Crippen LogP contribution < -0.4 is 4.74 Å². The summed E-state index contributed by atoms with van der Waals surface area (Å²) in [5, 5.41) is 21.4. The first-order valence-corrected chi connectivity index (χ1v) is 12.1. The van der Waals surface area contributed by atoms with Gasteiger partial charge in [0.05, 0.1) is 18.4 Å². The van der Waals surface area contributed by atoms with E-state index in [0.717, 1.165) is 31.6 Å². The zero-order chi connectivity index (χ0) is 34.6. The van der Waals surface area contributed by atoms with Crippen LogP contribution in [0, 0.1) is 5.82 Å². The lowest BCUT2D eigenvalue weighted by Gasteiger charge is -2.30. The molecule has 0 radical (unpaired) electrons. The fourth-order valence-corrected chi connectivity index (χ4v) is 3.60. The van der Waals surface area contributed by atoms with Gasteiger partial charge in [0.1, 0.15) is 6.10 Å². The first kappa shape index (κ1) is 38.8. The van der Waals surface area contributed by atoms with E-state index >= 15 is 0 Å². The van der Waals surface area contributed by atoms with Crippen molar-refractivity contribution < 1.29 is 83.1 Å². The quantitative estimate of drug-likeness (QED) is 0.398. The molecular formula is C24H23F10N3O8. The molecular weight excluding hydrogens is 648 g/mol. The number of aliphatic carboxylic acids is 3. The molecule has 11 nitrogen and oxygen atoms in total. The summed E-state index contributed by atoms with van der Waals surface area (Å²) in [6, 6.07) is 9.04. The molecule has 3 N–H and O–H groups in total. The summed E-state index contributed by atoms with van der Waals surface area (Å²) in [6.45, 7) is 2.22. The first-order valence-electron chi connectivity index (χ1n) is 12.1. The highest BCUT2D eigenvalue weighted by atomic mass is 19.4. The third kappa shape index (κ3) is 13.9. The molecule has 2 aromatic rings. The van der Waals surface area contributed by atoms with Crippen LogP contribution in [0.15, 0.2) is 42.7 Å². The first-order chi connectivity index (χ1) is 20.6. The fraction of sp³-hybridized carbons (Fsp3) is 0.458. The van der Waals surface area contributed by atoms with Crippen molar-refractivity contribution >= 4 is 17.9 Å². The van der Waals surface area contributed by atoms with Gasteiger partial charge >= 0.3 is 36.4 Å². The molecule has 2 fully saturated rings. The van der Waals surface area contributed by atoms with E-state index in [2.05, 4.69) is 14.9 Å². The van der Waals surface area contributed by atoms with E-state index < -0.39 is 42.3 Å². The van der Waals surface area contributed by atoms with Crippen molar-refractivity contribution in [2.24, 2.45) is 0 Å². The van der Waals surface area contributed by atoms with E-state index in [-0.39, 0.29) is 24.1 Å². The topological polar surface area (TPSA) is 159 Å². The highest BCUT2D eigenvalue weighted by molar-refractivity contribution is 5.73. The molecule has 0 aromatic carbocycles. The maximum absolute atomic E-state index is 13.9. The fourth-order valence-electron chi connectivity index (χ4n) is 3.60. The summed E-state index contributed by atoms with van der Waals surface area (Å²) in [5.41, 5.74) is 1.02. The minimum atomic E-state index is -5.08. The lowest BCUT2D eigenvalue weighted by Crippen LogP contribution is -2.44. The Hall–Kier alpha value is -4.27. The van der Waals surface area contributed by atoms with Crippen LogP contribution in [0.4, 0.5) is 43.9 Å². The average molecular weight is 671 g/mol. The molecule has 3 atom stereocenters. The van der Waals surface area contributed by atoms with Gasteiger partial charge < -0.3 is 24.8 Å². The SMILES string of the molecule is Fc1cccnc1OC1C2CCC1N(Cc1ccccn1)CCO2.O=C(O)C(F)(F)F.O=C(O)C(F)(F)F.O=C(O)C(F)(F)F. The highest BCUT2D eigenvalue weighted by Crippen LogP contribution is 2.33. The second-order valence-corrected chi connectivity index (χ2v) is 8.63. The van der Waals surface area contributed by atoms with Crippen LogP contribution in [0.1, 0.15) is 18.5 Å². The number of fused-ring (bicyclic) bond motifs is 2. The summed E-state index contributed by atoms with van der Waals surface area (Å²) in [4.78, 5) is 37.5. The van der Waals surface area contributed by atoms with Gasteiger partial charge in [0, 0.05) is 31.5 Å². The second kappa shape index (κ2) is 16.7. The van der Waals surface area contributed by atoms with Crippen molar-refractivity contribution in [2.45, 2.75) is 56.2 Å². The number of ether oxygens (including phenoxy) is 2. The molecule has 1 aliphatic heterocycles. The van der Waals surface area contributed by atoms with Crippen molar-refractivity contribution in [3.8, 4) is 5.88 Å². The van der Waals surface area contributed by atoms with E-state index in [9.17, 15) is 43.9 Å². The van der Waals surface area contributed by atoms with Crippen molar-refractivity contribution in [1.82, 2.24) is 14.9 Å². The predicted molar refractivity (Wildman–Crippen MR) is 127 cm³/mol. The molecule has 0 spiro atoms. The van der Waals surface area contributed by atoms with Crippen LogP contribution in [0.2, 0.25) is 0 Å². The summed E-state index contributed by atoms with van der Waals surface area (Å²) in [7, 11) is 0. The number of carbonyl (C=O) groups is 3. The zero-order valence-electron chi connectivity index (χ0n) is 22.3. The second-order valence-electron chi connectivity index (χ2n) is 8.63. The molecule has 2 aliphatic rings. The Bertz CT molecular complexity index is 1190. The van der Waals surface area contributed by atoms with Gasteiger partial charge in [-0.3, -0.25) is 9.88 Å². The molecule has 2 aromatic heterocycles. The van der Waals surface area contributed by atoms with E-state index in [1.54, 1.807) is 18.5 Å². The number of carboxylic acids is 3. The number of hydrogen-bond acceptors (Lipinski definition) is 8. The lowest BCUT2D eigenvalue weighted by molar-refractivity contribution is -0.193. The van der Waals surface area contributed by atoms with E-state index in [1.807, 2.05) is 18.2 Å². The van der Waals surface area contributed by atoms with Crippen LogP contribution in [0.3, 0.4) is 0 Å².